The van der Waals surface area contributed by atoms with Crippen LogP contribution in [0.5, 0.6) is 11.5 Å². The summed E-state index contributed by atoms with van der Waals surface area (Å²) in [6.45, 7) is 0. The van der Waals surface area contributed by atoms with Gasteiger partial charge >= 0.3 is 0 Å². The molecule has 0 aliphatic rings. The second kappa shape index (κ2) is 6.35. The lowest BCUT2D eigenvalue weighted by molar-refractivity contribution is 0.390. The maximum absolute atomic E-state index is 6.29. The highest BCUT2D eigenvalue weighted by Crippen LogP contribution is 2.35. The van der Waals surface area contributed by atoms with Gasteiger partial charge in [-0.1, -0.05) is 23.2 Å². The molecule has 2 N–H and O–H groups in total. The predicted molar refractivity (Wildman–Crippen MR) is 82.0 cm³/mol. The number of hydrogen-bond acceptors (Lipinski definition) is 3. The van der Waals surface area contributed by atoms with Crippen molar-refractivity contribution in [3.8, 4) is 11.5 Å². The fraction of sp³-hybridized carbons (Fsp3) is 0.200. The fourth-order valence-corrected chi connectivity index (χ4v) is 2.41. The molecule has 0 bridgehead atoms. The Morgan fingerprint density at radius 3 is 2.35 bits per heavy atom. The van der Waals surface area contributed by atoms with Gasteiger partial charge in [-0.2, -0.15) is 0 Å². The van der Waals surface area contributed by atoms with Crippen LogP contribution in [0.3, 0.4) is 0 Å². The molecule has 0 aromatic heterocycles. The number of rotatable bonds is 4. The maximum atomic E-state index is 6.29. The molecule has 5 heteroatoms. The first kappa shape index (κ1) is 15.0. The van der Waals surface area contributed by atoms with Crippen LogP contribution >= 0.6 is 23.2 Å². The summed E-state index contributed by atoms with van der Waals surface area (Å²) in [5.74, 6) is 1.35. The topological polar surface area (TPSA) is 44.5 Å². The molecule has 0 saturated carbocycles. The van der Waals surface area contributed by atoms with E-state index in [-0.39, 0.29) is 0 Å². The average molecular weight is 312 g/mol. The van der Waals surface area contributed by atoms with E-state index in [1.807, 2.05) is 12.1 Å². The van der Waals surface area contributed by atoms with Crippen LogP contribution in [0.4, 0.5) is 0 Å². The van der Waals surface area contributed by atoms with Crippen LogP contribution < -0.4 is 15.2 Å². The van der Waals surface area contributed by atoms with Crippen molar-refractivity contribution >= 4 is 23.2 Å². The Morgan fingerprint density at radius 1 is 0.950 bits per heavy atom. The van der Waals surface area contributed by atoms with E-state index in [9.17, 15) is 0 Å². The molecule has 106 valence electrons. The monoisotopic (exact) mass is 311 g/mol. The highest BCUT2D eigenvalue weighted by atomic mass is 35.5. The molecule has 2 aromatic rings. The minimum Gasteiger partial charge on any atom is -0.497 e. The van der Waals surface area contributed by atoms with Gasteiger partial charge in [-0.15, -0.1) is 0 Å². The third kappa shape index (κ3) is 3.01. The molecule has 3 nitrogen and oxygen atoms in total. The second-order valence-electron chi connectivity index (χ2n) is 4.25. The van der Waals surface area contributed by atoms with Crippen LogP contribution in [-0.4, -0.2) is 14.2 Å². The van der Waals surface area contributed by atoms with Crippen LogP contribution in [-0.2, 0) is 0 Å². The average Bonchev–Trinajstić information content (AvgIpc) is 2.48. The lowest BCUT2D eigenvalue weighted by Crippen LogP contribution is -2.13. The smallest absolute Gasteiger partial charge is 0.127 e. The van der Waals surface area contributed by atoms with Gasteiger partial charge in [-0.05, 0) is 35.9 Å². The number of methoxy groups -OCH3 is 2. The van der Waals surface area contributed by atoms with Gasteiger partial charge in [-0.25, -0.2) is 0 Å². The van der Waals surface area contributed by atoms with E-state index in [0.717, 1.165) is 11.1 Å². The Bertz CT molecular complexity index is 617. The zero-order valence-electron chi connectivity index (χ0n) is 11.2. The standard InChI is InChI=1S/C15H15Cl2NO2/c1-19-10-4-5-11(14(8-10)20-2)15(18)12-7-9(16)3-6-13(12)17/h3-8,15H,18H2,1-2H3. The van der Waals surface area contributed by atoms with E-state index in [4.69, 9.17) is 38.4 Å². The van der Waals surface area contributed by atoms with E-state index < -0.39 is 6.04 Å². The van der Waals surface area contributed by atoms with E-state index in [2.05, 4.69) is 0 Å². The van der Waals surface area contributed by atoms with E-state index in [0.29, 0.717) is 21.5 Å². The summed E-state index contributed by atoms with van der Waals surface area (Å²) in [7, 11) is 3.19. The molecule has 2 rings (SSSR count). The van der Waals surface area contributed by atoms with E-state index >= 15 is 0 Å². The van der Waals surface area contributed by atoms with Gasteiger partial charge in [-0.3, -0.25) is 0 Å². The molecule has 2 aromatic carbocycles. The van der Waals surface area contributed by atoms with Crippen LogP contribution in [0.25, 0.3) is 0 Å². The van der Waals surface area contributed by atoms with Gasteiger partial charge in [0.15, 0.2) is 0 Å². The summed E-state index contributed by atoms with van der Waals surface area (Å²) >= 11 is 12.2. The van der Waals surface area contributed by atoms with Gasteiger partial charge in [0, 0.05) is 21.7 Å². The van der Waals surface area contributed by atoms with Crippen molar-refractivity contribution in [2.45, 2.75) is 6.04 Å². The molecule has 0 aliphatic carbocycles. The SMILES string of the molecule is COc1ccc(C(N)c2cc(Cl)ccc2Cl)c(OC)c1. The van der Waals surface area contributed by atoms with Gasteiger partial charge in [0.1, 0.15) is 11.5 Å². The zero-order chi connectivity index (χ0) is 14.7. The minimum atomic E-state index is -0.429. The van der Waals surface area contributed by atoms with Crippen molar-refractivity contribution in [3.05, 3.63) is 57.6 Å². The zero-order valence-corrected chi connectivity index (χ0v) is 12.7. The molecule has 0 heterocycles. The van der Waals surface area contributed by atoms with Crippen molar-refractivity contribution in [2.75, 3.05) is 14.2 Å². The van der Waals surface area contributed by atoms with Crippen molar-refractivity contribution in [2.24, 2.45) is 5.73 Å². The van der Waals surface area contributed by atoms with Crippen molar-refractivity contribution in [1.29, 1.82) is 0 Å². The van der Waals surface area contributed by atoms with Gasteiger partial charge in [0.25, 0.3) is 0 Å². The van der Waals surface area contributed by atoms with Gasteiger partial charge in [0.05, 0.1) is 20.3 Å². The largest absolute Gasteiger partial charge is 0.497 e. The first-order valence-electron chi connectivity index (χ1n) is 5.99. The van der Waals surface area contributed by atoms with Gasteiger partial charge in [0.2, 0.25) is 0 Å². The number of hydrogen-bond donors (Lipinski definition) is 1. The molecule has 0 radical (unpaired) electrons. The van der Waals surface area contributed by atoms with E-state index in [1.54, 1.807) is 38.5 Å². The highest BCUT2D eigenvalue weighted by molar-refractivity contribution is 6.33. The summed E-state index contributed by atoms with van der Waals surface area (Å²) in [4.78, 5) is 0. The normalized spacial score (nSPS) is 12.1. The van der Waals surface area contributed by atoms with Crippen LogP contribution in [0.15, 0.2) is 36.4 Å². The Morgan fingerprint density at radius 2 is 1.70 bits per heavy atom. The molecule has 0 amide bonds. The molecule has 0 aliphatic heterocycles. The molecule has 0 saturated heterocycles. The first-order chi connectivity index (χ1) is 9.56. The minimum absolute atomic E-state index is 0.429. The summed E-state index contributed by atoms with van der Waals surface area (Å²) in [6.07, 6.45) is 0. The Balaban J connectivity index is 2.47. The lowest BCUT2D eigenvalue weighted by Gasteiger charge is -2.18. The molecule has 0 spiro atoms. The molecule has 20 heavy (non-hydrogen) atoms. The molecular weight excluding hydrogens is 297 g/mol. The van der Waals surface area contributed by atoms with Crippen LogP contribution in [0.2, 0.25) is 10.0 Å². The molecule has 0 fully saturated rings. The summed E-state index contributed by atoms with van der Waals surface area (Å²) in [5, 5.41) is 1.16. The highest BCUT2D eigenvalue weighted by Gasteiger charge is 2.17. The van der Waals surface area contributed by atoms with Crippen LogP contribution in [0.1, 0.15) is 17.2 Å². The van der Waals surface area contributed by atoms with Crippen molar-refractivity contribution in [1.82, 2.24) is 0 Å². The Hall–Kier alpha value is -1.42. The van der Waals surface area contributed by atoms with Gasteiger partial charge < -0.3 is 15.2 Å². The number of benzene rings is 2. The predicted octanol–water partition coefficient (Wildman–Crippen LogP) is 4.06. The summed E-state index contributed by atoms with van der Waals surface area (Å²) in [5.41, 5.74) is 7.86. The third-order valence-electron chi connectivity index (χ3n) is 3.07. The molecular formula is C15H15Cl2NO2. The van der Waals surface area contributed by atoms with E-state index in [1.165, 1.54) is 0 Å². The number of halogens is 2. The Labute approximate surface area is 128 Å². The number of ether oxygens (including phenoxy) is 2. The maximum Gasteiger partial charge on any atom is 0.127 e. The summed E-state index contributed by atoms with van der Waals surface area (Å²) in [6, 6.07) is 10.3. The molecule has 1 atom stereocenters. The first-order valence-corrected chi connectivity index (χ1v) is 6.75. The molecule has 1 unspecified atom stereocenters. The Kier molecular flexibility index (Phi) is 4.76. The fourth-order valence-electron chi connectivity index (χ4n) is 2.00. The third-order valence-corrected chi connectivity index (χ3v) is 3.65. The number of nitrogens with two attached hydrogens (primary N) is 1. The summed E-state index contributed by atoms with van der Waals surface area (Å²) < 4.78 is 10.5. The van der Waals surface area contributed by atoms with Crippen LogP contribution in [0, 0.1) is 0 Å². The quantitative estimate of drug-likeness (QED) is 0.926. The second-order valence-corrected chi connectivity index (χ2v) is 5.10. The lowest BCUT2D eigenvalue weighted by atomic mass is 9.98. The van der Waals surface area contributed by atoms with Crippen molar-refractivity contribution in [3.63, 3.8) is 0 Å². The van der Waals surface area contributed by atoms with Crippen molar-refractivity contribution < 1.29 is 9.47 Å².